The van der Waals surface area contributed by atoms with E-state index < -0.39 is 38.1 Å². The van der Waals surface area contributed by atoms with Gasteiger partial charge in [0.2, 0.25) is 0 Å². The molecule has 1 heterocycles. The van der Waals surface area contributed by atoms with E-state index in [1.165, 1.54) is 12.0 Å². The van der Waals surface area contributed by atoms with Crippen molar-refractivity contribution in [2.24, 2.45) is 0 Å². The van der Waals surface area contributed by atoms with Gasteiger partial charge in [0.1, 0.15) is 5.60 Å². The fourth-order valence-corrected chi connectivity index (χ4v) is 9.45. The van der Waals surface area contributed by atoms with E-state index in [0.29, 0.717) is 13.0 Å². The number of carbonyl (C=O) groups is 2. The maximum absolute atomic E-state index is 13.0. The maximum Gasteiger partial charge on any atom is 0.411 e. The zero-order valence-corrected chi connectivity index (χ0v) is 22.3. The summed E-state index contributed by atoms with van der Waals surface area (Å²) in [6, 6.07) is 19.6. The summed E-state index contributed by atoms with van der Waals surface area (Å²) in [7, 11) is -1.57. The van der Waals surface area contributed by atoms with Gasteiger partial charge in [-0.15, -0.1) is 0 Å². The van der Waals surface area contributed by atoms with Crippen LogP contribution in [-0.4, -0.2) is 56.7 Å². The normalized spacial score (nSPS) is 19.1. The lowest BCUT2D eigenvalue weighted by molar-refractivity contribution is -0.148. The fraction of sp³-hybridized carbons (Fsp3) is 0.481. The second-order valence-electron chi connectivity index (χ2n) is 10.7. The van der Waals surface area contributed by atoms with Gasteiger partial charge in [-0.3, -0.25) is 4.90 Å². The van der Waals surface area contributed by atoms with Crippen molar-refractivity contribution in [2.75, 3.05) is 13.7 Å². The van der Waals surface area contributed by atoms with Crippen molar-refractivity contribution in [2.45, 2.75) is 70.7 Å². The molecule has 2 aromatic rings. The number of methoxy groups -OCH3 is 1. The lowest BCUT2D eigenvalue weighted by atomic mass is 10.2. The lowest BCUT2D eigenvalue weighted by Gasteiger charge is -2.45. The number of amides is 1. The molecule has 7 heteroatoms. The smallest absolute Gasteiger partial charge is 0.411 e. The molecular weight excluding hydrogens is 446 g/mol. The highest BCUT2D eigenvalue weighted by Gasteiger charge is 2.55. The van der Waals surface area contributed by atoms with Crippen LogP contribution in [-0.2, 0) is 18.7 Å². The molecule has 0 aliphatic carbocycles. The second kappa shape index (κ2) is 9.92. The van der Waals surface area contributed by atoms with Crippen molar-refractivity contribution in [3.63, 3.8) is 0 Å². The van der Waals surface area contributed by atoms with Crippen molar-refractivity contribution in [3.05, 3.63) is 60.7 Å². The van der Waals surface area contributed by atoms with E-state index in [0.717, 1.165) is 10.4 Å². The van der Waals surface area contributed by atoms with E-state index in [9.17, 15) is 9.59 Å². The number of esters is 1. The zero-order chi connectivity index (χ0) is 25.1. The molecule has 1 fully saturated rings. The Hall–Kier alpha value is -2.64. The summed E-state index contributed by atoms with van der Waals surface area (Å²) >= 11 is 0. The molecule has 1 saturated heterocycles. The van der Waals surface area contributed by atoms with Crippen molar-refractivity contribution in [1.29, 1.82) is 0 Å². The van der Waals surface area contributed by atoms with E-state index >= 15 is 0 Å². The molecule has 1 aliphatic rings. The molecule has 2 aromatic carbocycles. The molecular formula is C27H37NO5Si. The first-order chi connectivity index (χ1) is 15.9. The third-order valence-electron chi connectivity index (χ3n) is 6.16. The Morgan fingerprint density at radius 3 is 1.79 bits per heavy atom. The van der Waals surface area contributed by atoms with Gasteiger partial charge in [-0.05, 0) is 42.6 Å². The number of nitrogens with zero attached hydrogens (tertiary/aromatic N) is 1. The third kappa shape index (κ3) is 5.20. The number of likely N-dealkylation sites (tertiary alicyclic amines) is 1. The van der Waals surface area contributed by atoms with Crippen LogP contribution in [0.5, 0.6) is 0 Å². The Morgan fingerprint density at radius 1 is 0.882 bits per heavy atom. The van der Waals surface area contributed by atoms with Gasteiger partial charge in [-0.2, -0.15) is 0 Å². The summed E-state index contributed by atoms with van der Waals surface area (Å²) in [6.07, 6.45) is -0.536. The van der Waals surface area contributed by atoms with Crippen LogP contribution in [0.2, 0.25) is 5.04 Å². The Morgan fingerprint density at radius 2 is 1.38 bits per heavy atom. The number of benzene rings is 2. The predicted octanol–water partition coefficient (Wildman–Crippen LogP) is 4.11. The Labute approximate surface area is 204 Å². The molecule has 0 bridgehead atoms. The van der Waals surface area contributed by atoms with E-state index in [4.69, 9.17) is 13.9 Å². The molecule has 0 saturated carbocycles. The van der Waals surface area contributed by atoms with Crippen molar-refractivity contribution in [1.82, 2.24) is 4.90 Å². The van der Waals surface area contributed by atoms with Gasteiger partial charge in [-0.25, -0.2) is 9.59 Å². The Kier molecular flexibility index (Phi) is 7.58. The number of hydrogen-bond acceptors (Lipinski definition) is 5. The molecule has 0 spiro atoms. The van der Waals surface area contributed by atoms with Crippen LogP contribution >= 0.6 is 0 Å². The largest absolute Gasteiger partial charge is 0.467 e. The summed E-state index contributed by atoms with van der Waals surface area (Å²) in [5, 5.41) is 1.98. The minimum atomic E-state index is -2.91. The standard InChI is InChI=1S/C27H37NO5Si/c1-26(2,3)32-25(30)28-19-18-22(23(28)24(29)31-7)33-34(27(4,5)6,20-14-10-8-11-15-20)21-16-12-9-13-17-21/h8-17,22-23H,18-19H2,1-7H3/t22?,23-/m0/s1. The predicted molar refractivity (Wildman–Crippen MR) is 136 cm³/mol. The summed E-state index contributed by atoms with van der Waals surface area (Å²) in [5.74, 6) is -0.494. The number of ether oxygens (including phenoxy) is 2. The van der Waals surface area contributed by atoms with Crippen LogP contribution in [0.4, 0.5) is 4.79 Å². The SMILES string of the molecule is COC(=O)[C@@H]1C(O[Si](c2ccccc2)(c2ccccc2)C(C)(C)C)CCN1C(=O)OC(C)(C)C. The van der Waals surface area contributed by atoms with Gasteiger partial charge in [0.05, 0.1) is 13.2 Å². The molecule has 1 amide bonds. The molecule has 0 aromatic heterocycles. The van der Waals surface area contributed by atoms with Crippen molar-refractivity contribution in [3.8, 4) is 0 Å². The molecule has 1 aliphatic heterocycles. The molecule has 2 atom stereocenters. The first-order valence-electron chi connectivity index (χ1n) is 11.8. The van der Waals surface area contributed by atoms with Crippen LogP contribution in [0.3, 0.4) is 0 Å². The van der Waals surface area contributed by atoms with Crippen LogP contribution < -0.4 is 10.4 Å². The average Bonchev–Trinajstić information content (AvgIpc) is 3.20. The summed E-state index contributed by atoms with van der Waals surface area (Å²) in [6.45, 7) is 12.4. The van der Waals surface area contributed by atoms with Crippen molar-refractivity contribution >= 4 is 30.8 Å². The van der Waals surface area contributed by atoms with Crippen LogP contribution in [0.25, 0.3) is 0 Å². The highest BCUT2D eigenvalue weighted by molar-refractivity contribution is 6.99. The van der Waals surface area contributed by atoms with Gasteiger partial charge in [-0.1, -0.05) is 81.4 Å². The van der Waals surface area contributed by atoms with E-state index in [1.54, 1.807) is 0 Å². The molecule has 6 nitrogen and oxygen atoms in total. The molecule has 0 N–H and O–H groups in total. The third-order valence-corrected chi connectivity index (χ3v) is 11.2. The van der Waals surface area contributed by atoms with Gasteiger partial charge in [0.15, 0.2) is 6.04 Å². The van der Waals surface area contributed by atoms with E-state index in [1.807, 2.05) is 57.2 Å². The van der Waals surface area contributed by atoms with Crippen LogP contribution in [0.1, 0.15) is 48.0 Å². The van der Waals surface area contributed by atoms with Gasteiger partial charge in [0, 0.05) is 6.54 Å². The highest BCUT2D eigenvalue weighted by Crippen LogP contribution is 2.39. The lowest BCUT2D eigenvalue weighted by Crippen LogP contribution is -2.68. The van der Waals surface area contributed by atoms with Gasteiger partial charge < -0.3 is 13.9 Å². The summed E-state index contributed by atoms with van der Waals surface area (Å²) in [4.78, 5) is 27.4. The van der Waals surface area contributed by atoms with Crippen molar-refractivity contribution < 1.29 is 23.5 Å². The molecule has 1 unspecified atom stereocenters. The van der Waals surface area contributed by atoms with E-state index in [-0.39, 0.29) is 5.04 Å². The van der Waals surface area contributed by atoms with Gasteiger partial charge in [0.25, 0.3) is 8.32 Å². The molecule has 34 heavy (non-hydrogen) atoms. The second-order valence-corrected chi connectivity index (χ2v) is 15.0. The Bertz CT molecular complexity index is 942. The monoisotopic (exact) mass is 483 g/mol. The quantitative estimate of drug-likeness (QED) is 0.473. The molecule has 184 valence electrons. The molecule has 3 rings (SSSR count). The number of carbonyl (C=O) groups excluding carboxylic acids is 2. The maximum atomic E-state index is 13.0. The topological polar surface area (TPSA) is 65.1 Å². The van der Waals surface area contributed by atoms with Crippen LogP contribution in [0.15, 0.2) is 60.7 Å². The fourth-order valence-electron chi connectivity index (χ4n) is 4.73. The minimum Gasteiger partial charge on any atom is -0.467 e. The van der Waals surface area contributed by atoms with Crippen LogP contribution in [0, 0.1) is 0 Å². The highest BCUT2D eigenvalue weighted by atomic mass is 28.4. The average molecular weight is 484 g/mol. The van der Waals surface area contributed by atoms with Gasteiger partial charge >= 0.3 is 12.1 Å². The summed E-state index contributed by atoms with van der Waals surface area (Å²) < 4.78 is 17.9. The first kappa shape index (κ1) is 26.0. The summed E-state index contributed by atoms with van der Waals surface area (Å²) in [5.41, 5.74) is -0.672. The first-order valence-corrected chi connectivity index (χ1v) is 13.7. The number of rotatable bonds is 5. The zero-order valence-electron chi connectivity index (χ0n) is 21.3. The minimum absolute atomic E-state index is 0.254. The molecule has 0 radical (unpaired) electrons. The van der Waals surface area contributed by atoms with E-state index in [2.05, 4.69) is 45.0 Å². The Balaban J connectivity index is 2.10. The number of hydrogen-bond donors (Lipinski definition) is 0.